The molecule has 0 amide bonds. The lowest BCUT2D eigenvalue weighted by atomic mass is 9.76. The van der Waals surface area contributed by atoms with Gasteiger partial charge in [0.2, 0.25) is 0 Å². The summed E-state index contributed by atoms with van der Waals surface area (Å²) in [6.45, 7) is 0. The van der Waals surface area contributed by atoms with Crippen LogP contribution in [0.25, 0.3) is 0 Å². The Hall–Kier alpha value is -1.02. The van der Waals surface area contributed by atoms with Crippen molar-refractivity contribution < 1.29 is 4.74 Å². The third kappa shape index (κ3) is 1.86. The molecule has 0 bridgehead atoms. The molecule has 1 aromatic rings. The maximum Gasteiger partial charge on any atom is 0.119 e. The van der Waals surface area contributed by atoms with E-state index in [1.165, 1.54) is 31.2 Å². The third-order valence-corrected chi connectivity index (χ3v) is 3.46. The standard InChI is InChI=1S/C13H17NO/c14-13-8-7-12(13)9-1-3-10(4-2-9)15-11-5-6-11/h1-4,11-13H,5-8,14H2. The molecule has 3 rings (SSSR count). The molecular formula is C13H17NO. The van der Waals surface area contributed by atoms with Gasteiger partial charge in [0.05, 0.1) is 6.10 Å². The summed E-state index contributed by atoms with van der Waals surface area (Å²) in [6.07, 6.45) is 5.33. The van der Waals surface area contributed by atoms with Crippen molar-refractivity contribution in [1.82, 2.24) is 0 Å². The van der Waals surface area contributed by atoms with Crippen LogP contribution in [0.2, 0.25) is 0 Å². The molecule has 2 aliphatic rings. The number of hydrogen-bond acceptors (Lipinski definition) is 2. The number of rotatable bonds is 3. The van der Waals surface area contributed by atoms with Crippen molar-refractivity contribution >= 4 is 0 Å². The van der Waals surface area contributed by atoms with Crippen molar-refractivity contribution in [2.24, 2.45) is 5.73 Å². The Balaban J connectivity index is 1.69. The van der Waals surface area contributed by atoms with E-state index in [9.17, 15) is 0 Å². The van der Waals surface area contributed by atoms with Gasteiger partial charge in [-0.2, -0.15) is 0 Å². The fraction of sp³-hybridized carbons (Fsp3) is 0.538. The fourth-order valence-corrected chi connectivity index (χ4v) is 2.11. The molecule has 0 saturated heterocycles. The smallest absolute Gasteiger partial charge is 0.119 e. The Kier molecular flexibility index (Phi) is 2.17. The molecule has 2 N–H and O–H groups in total. The largest absolute Gasteiger partial charge is 0.490 e. The van der Waals surface area contributed by atoms with Gasteiger partial charge in [0.1, 0.15) is 5.75 Å². The molecule has 0 radical (unpaired) electrons. The highest BCUT2D eigenvalue weighted by atomic mass is 16.5. The SMILES string of the molecule is NC1CCC1c1ccc(OC2CC2)cc1. The Bertz CT molecular complexity index is 342. The van der Waals surface area contributed by atoms with E-state index < -0.39 is 0 Å². The summed E-state index contributed by atoms with van der Waals surface area (Å²) in [5.74, 6) is 1.59. The molecule has 1 aromatic carbocycles. The van der Waals surface area contributed by atoms with E-state index in [0.29, 0.717) is 18.1 Å². The van der Waals surface area contributed by atoms with Crippen LogP contribution < -0.4 is 10.5 Å². The van der Waals surface area contributed by atoms with E-state index in [4.69, 9.17) is 10.5 Å². The minimum absolute atomic E-state index is 0.375. The second-order valence-electron chi connectivity index (χ2n) is 4.73. The van der Waals surface area contributed by atoms with Gasteiger partial charge in [0, 0.05) is 6.04 Å². The Morgan fingerprint density at radius 2 is 1.73 bits per heavy atom. The molecule has 2 aliphatic carbocycles. The Morgan fingerprint density at radius 1 is 1.00 bits per heavy atom. The molecule has 0 aromatic heterocycles. The number of benzene rings is 1. The van der Waals surface area contributed by atoms with Gasteiger partial charge in [0.25, 0.3) is 0 Å². The molecule has 2 saturated carbocycles. The molecule has 0 heterocycles. The van der Waals surface area contributed by atoms with Crippen LogP contribution in [0.15, 0.2) is 24.3 Å². The highest BCUT2D eigenvalue weighted by Gasteiger charge is 2.28. The van der Waals surface area contributed by atoms with E-state index in [2.05, 4.69) is 24.3 Å². The topological polar surface area (TPSA) is 35.2 Å². The van der Waals surface area contributed by atoms with Crippen molar-refractivity contribution in [2.75, 3.05) is 0 Å². The van der Waals surface area contributed by atoms with Gasteiger partial charge < -0.3 is 10.5 Å². The van der Waals surface area contributed by atoms with E-state index >= 15 is 0 Å². The van der Waals surface area contributed by atoms with Crippen LogP contribution in [-0.2, 0) is 0 Å². The molecule has 15 heavy (non-hydrogen) atoms. The molecule has 2 fully saturated rings. The van der Waals surface area contributed by atoms with Gasteiger partial charge in [-0.3, -0.25) is 0 Å². The van der Waals surface area contributed by atoms with Gasteiger partial charge in [-0.15, -0.1) is 0 Å². The predicted molar refractivity (Wildman–Crippen MR) is 60.0 cm³/mol. The van der Waals surface area contributed by atoms with Crippen molar-refractivity contribution in [2.45, 2.75) is 43.7 Å². The fourth-order valence-electron chi connectivity index (χ4n) is 2.11. The van der Waals surface area contributed by atoms with Crippen molar-refractivity contribution in [1.29, 1.82) is 0 Å². The molecule has 2 heteroatoms. The van der Waals surface area contributed by atoms with Crippen molar-refractivity contribution in [3.8, 4) is 5.75 Å². The highest BCUT2D eigenvalue weighted by Crippen LogP contribution is 2.36. The molecule has 0 aliphatic heterocycles. The summed E-state index contributed by atoms with van der Waals surface area (Å²) in [4.78, 5) is 0. The lowest BCUT2D eigenvalue weighted by molar-refractivity contribution is 0.302. The van der Waals surface area contributed by atoms with Crippen LogP contribution in [-0.4, -0.2) is 12.1 Å². The van der Waals surface area contributed by atoms with Gasteiger partial charge in [-0.25, -0.2) is 0 Å². The van der Waals surface area contributed by atoms with Gasteiger partial charge in [-0.1, -0.05) is 12.1 Å². The Labute approximate surface area is 90.4 Å². The first-order chi connectivity index (χ1) is 7.33. The van der Waals surface area contributed by atoms with Crippen molar-refractivity contribution in [3.05, 3.63) is 29.8 Å². The maximum absolute atomic E-state index is 5.95. The molecule has 2 atom stereocenters. The quantitative estimate of drug-likeness (QED) is 0.819. The first kappa shape index (κ1) is 9.22. The lowest BCUT2D eigenvalue weighted by Gasteiger charge is -2.33. The zero-order valence-electron chi connectivity index (χ0n) is 8.86. The molecule has 2 unspecified atom stereocenters. The summed E-state index contributed by atoms with van der Waals surface area (Å²) in [5.41, 5.74) is 7.32. The van der Waals surface area contributed by atoms with Crippen molar-refractivity contribution in [3.63, 3.8) is 0 Å². The zero-order chi connectivity index (χ0) is 10.3. The molecule has 80 valence electrons. The lowest BCUT2D eigenvalue weighted by Crippen LogP contribution is -2.37. The van der Waals surface area contributed by atoms with Gasteiger partial charge >= 0.3 is 0 Å². The minimum Gasteiger partial charge on any atom is -0.490 e. The summed E-state index contributed by atoms with van der Waals surface area (Å²) in [6, 6.07) is 8.88. The van der Waals surface area contributed by atoms with Crippen LogP contribution >= 0.6 is 0 Å². The molecule has 2 nitrogen and oxygen atoms in total. The first-order valence-corrected chi connectivity index (χ1v) is 5.85. The predicted octanol–water partition coefficient (Wildman–Crippen LogP) is 2.43. The second-order valence-corrected chi connectivity index (χ2v) is 4.73. The van der Waals surface area contributed by atoms with Gasteiger partial charge in [-0.05, 0) is 49.3 Å². The molecule has 0 spiro atoms. The zero-order valence-corrected chi connectivity index (χ0v) is 8.86. The summed E-state index contributed by atoms with van der Waals surface area (Å²) in [7, 11) is 0. The second kappa shape index (κ2) is 3.53. The van der Waals surface area contributed by atoms with E-state index in [-0.39, 0.29) is 0 Å². The third-order valence-electron chi connectivity index (χ3n) is 3.46. The van der Waals surface area contributed by atoms with Crippen LogP contribution in [0.4, 0.5) is 0 Å². The number of nitrogens with two attached hydrogens (primary N) is 1. The average molecular weight is 203 g/mol. The van der Waals surface area contributed by atoms with Crippen LogP contribution in [0.1, 0.15) is 37.2 Å². The minimum atomic E-state index is 0.375. The van der Waals surface area contributed by atoms with Crippen LogP contribution in [0.3, 0.4) is 0 Å². The van der Waals surface area contributed by atoms with Gasteiger partial charge in [0.15, 0.2) is 0 Å². The van der Waals surface area contributed by atoms with E-state index in [1.807, 2.05) is 0 Å². The highest BCUT2D eigenvalue weighted by molar-refractivity contribution is 5.31. The summed E-state index contributed by atoms with van der Waals surface area (Å²) < 4.78 is 5.71. The van der Waals surface area contributed by atoms with E-state index in [1.54, 1.807) is 0 Å². The first-order valence-electron chi connectivity index (χ1n) is 5.85. The normalized spacial score (nSPS) is 29.7. The maximum atomic E-state index is 5.95. The summed E-state index contributed by atoms with van der Waals surface area (Å²) >= 11 is 0. The summed E-state index contributed by atoms with van der Waals surface area (Å²) in [5, 5.41) is 0. The average Bonchev–Trinajstić information content (AvgIpc) is 3.03. The van der Waals surface area contributed by atoms with Crippen LogP contribution in [0, 0.1) is 0 Å². The van der Waals surface area contributed by atoms with Crippen LogP contribution in [0.5, 0.6) is 5.75 Å². The number of hydrogen-bond donors (Lipinski definition) is 1. The Morgan fingerprint density at radius 3 is 2.20 bits per heavy atom. The van der Waals surface area contributed by atoms with E-state index in [0.717, 1.165) is 5.75 Å². The number of ether oxygens (including phenoxy) is 1. The molecular weight excluding hydrogens is 186 g/mol. The monoisotopic (exact) mass is 203 g/mol.